The van der Waals surface area contributed by atoms with E-state index < -0.39 is 0 Å². The molecule has 1 saturated carbocycles. The zero-order valence-corrected chi connectivity index (χ0v) is 14.3. The Labute approximate surface area is 143 Å². The van der Waals surface area contributed by atoms with Crippen LogP contribution < -0.4 is 10.6 Å². The molecule has 0 spiro atoms. The van der Waals surface area contributed by atoms with Crippen molar-refractivity contribution in [3.05, 3.63) is 34.5 Å². The minimum atomic E-state index is -0.232. The molecule has 3 aromatic heterocycles. The van der Waals surface area contributed by atoms with Crippen molar-refractivity contribution < 1.29 is 4.79 Å². The molecule has 2 amide bonds. The number of urea groups is 1. The molecule has 0 bridgehead atoms. The Balaban J connectivity index is 1.50. The summed E-state index contributed by atoms with van der Waals surface area (Å²) in [6, 6.07) is 1.66. The number of rotatable bonds is 4. The van der Waals surface area contributed by atoms with E-state index in [2.05, 4.69) is 25.7 Å². The van der Waals surface area contributed by atoms with E-state index in [1.165, 1.54) is 0 Å². The highest BCUT2D eigenvalue weighted by molar-refractivity contribution is 7.09. The summed E-state index contributed by atoms with van der Waals surface area (Å²) in [5.74, 6) is 0.489. The largest absolute Gasteiger partial charge is 0.328 e. The number of fused-ring (bicyclic) bond motifs is 1. The van der Waals surface area contributed by atoms with Crippen LogP contribution in [-0.2, 0) is 7.05 Å². The lowest BCUT2D eigenvalue weighted by Gasteiger charge is -2.16. The fraction of sp³-hybridized carbons (Fsp3) is 0.375. The van der Waals surface area contributed by atoms with Crippen LogP contribution in [0.1, 0.15) is 29.6 Å². The first-order valence-corrected chi connectivity index (χ1v) is 8.76. The predicted molar refractivity (Wildman–Crippen MR) is 93.0 cm³/mol. The lowest BCUT2D eigenvalue weighted by Crippen LogP contribution is -2.33. The van der Waals surface area contributed by atoms with Gasteiger partial charge in [-0.15, -0.1) is 11.3 Å². The van der Waals surface area contributed by atoms with Crippen molar-refractivity contribution in [2.75, 3.05) is 5.32 Å². The van der Waals surface area contributed by atoms with Crippen LogP contribution in [0.25, 0.3) is 11.0 Å². The molecule has 124 valence electrons. The van der Waals surface area contributed by atoms with E-state index >= 15 is 0 Å². The average molecular weight is 342 g/mol. The second-order valence-electron chi connectivity index (χ2n) is 6.09. The second kappa shape index (κ2) is 5.86. The maximum Gasteiger partial charge on any atom is 0.319 e. The van der Waals surface area contributed by atoms with Gasteiger partial charge in [0.15, 0.2) is 5.65 Å². The Bertz CT molecular complexity index is 883. The van der Waals surface area contributed by atoms with Crippen molar-refractivity contribution in [3.63, 3.8) is 0 Å². The molecular weight excluding hydrogens is 324 g/mol. The summed E-state index contributed by atoms with van der Waals surface area (Å²) in [4.78, 5) is 21.1. The third-order valence-electron chi connectivity index (χ3n) is 4.22. The molecule has 1 aliphatic rings. The van der Waals surface area contributed by atoms with E-state index in [0.717, 1.165) is 34.6 Å². The first-order chi connectivity index (χ1) is 11.6. The van der Waals surface area contributed by atoms with Crippen LogP contribution in [0.15, 0.2) is 23.8 Å². The van der Waals surface area contributed by atoms with Gasteiger partial charge in [0.25, 0.3) is 0 Å². The normalized spacial score (nSPS) is 15.4. The van der Waals surface area contributed by atoms with Gasteiger partial charge < -0.3 is 10.6 Å². The van der Waals surface area contributed by atoms with E-state index in [-0.39, 0.29) is 12.1 Å². The zero-order valence-electron chi connectivity index (χ0n) is 13.5. The summed E-state index contributed by atoms with van der Waals surface area (Å²) in [6.45, 7) is 1.93. The van der Waals surface area contributed by atoms with Gasteiger partial charge in [0.2, 0.25) is 0 Å². The Morgan fingerprint density at radius 3 is 2.96 bits per heavy atom. The van der Waals surface area contributed by atoms with E-state index in [0.29, 0.717) is 11.6 Å². The number of anilines is 1. The Morgan fingerprint density at radius 2 is 2.25 bits per heavy atom. The van der Waals surface area contributed by atoms with Crippen LogP contribution >= 0.6 is 11.3 Å². The number of thiazole rings is 1. The molecule has 0 unspecified atom stereocenters. The van der Waals surface area contributed by atoms with E-state index in [9.17, 15) is 4.79 Å². The Kier molecular flexibility index (Phi) is 3.68. The van der Waals surface area contributed by atoms with Crippen LogP contribution in [0.2, 0.25) is 0 Å². The van der Waals surface area contributed by atoms with Gasteiger partial charge in [0.05, 0.1) is 23.6 Å². The zero-order chi connectivity index (χ0) is 16.7. The van der Waals surface area contributed by atoms with Gasteiger partial charge in [-0.3, -0.25) is 4.68 Å². The van der Waals surface area contributed by atoms with Crippen molar-refractivity contribution in [1.29, 1.82) is 0 Å². The van der Waals surface area contributed by atoms with E-state index in [4.69, 9.17) is 0 Å². The van der Waals surface area contributed by atoms with Gasteiger partial charge in [-0.05, 0) is 31.7 Å². The first-order valence-electron chi connectivity index (χ1n) is 7.88. The van der Waals surface area contributed by atoms with Gasteiger partial charge in [0.1, 0.15) is 5.01 Å². The number of aromatic nitrogens is 4. The summed E-state index contributed by atoms with van der Waals surface area (Å²) >= 11 is 1.58. The van der Waals surface area contributed by atoms with Crippen LogP contribution in [-0.4, -0.2) is 25.8 Å². The van der Waals surface area contributed by atoms with Crippen LogP contribution in [0, 0.1) is 12.8 Å². The molecule has 0 aromatic carbocycles. The Hall–Kier alpha value is -2.48. The molecular formula is C16H18N6OS. The molecule has 3 aromatic rings. The first kappa shape index (κ1) is 15.1. The monoisotopic (exact) mass is 342 g/mol. The molecule has 0 aliphatic heterocycles. The lowest BCUT2D eigenvalue weighted by molar-refractivity contribution is 0.247. The lowest BCUT2D eigenvalue weighted by atomic mass is 10.2. The average Bonchev–Trinajstić information content (AvgIpc) is 3.17. The summed E-state index contributed by atoms with van der Waals surface area (Å²) in [5, 5.41) is 14.1. The topological polar surface area (TPSA) is 84.7 Å². The number of pyridine rings is 1. The maximum absolute atomic E-state index is 12.4. The van der Waals surface area contributed by atoms with Gasteiger partial charge in [0, 0.05) is 24.0 Å². The van der Waals surface area contributed by atoms with Gasteiger partial charge in [-0.2, -0.15) is 5.10 Å². The minimum Gasteiger partial charge on any atom is -0.328 e. The molecule has 2 N–H and O–H groups in total. The molecule has 1 atom stereocenters. The number of carbonyl (C=O) groups is 1. The summed E-state index contributed by atoms with van der Waals surface area (Å²) in [7, 11) is 1.86. The molecule has 1 aliphatic carbocycles. The Morgan fingerprint density at radius 1 is 1.42 bits per heavy atom. The number of nitrogens with zero attached hydrogens (tertiary/aromatic N) is 4. The van der Waals surface area contributed by atoms with E-state index in [1.54, 1.807) is 28.4 Å². The van der Waals surface area contributed by atoms with E-state index in [1.807, 2.05) is 25.4 Å². The molecule has 3 heterocycles. The van der Waals surface area contributed by atoms with Crippen LogP contribution in [0.5, 0.6) is 0 Å². The third-order valence-corrected chi connectivity index (χ3v) is 5.08. The quantitative estimate of drug-likeness (QED) is 0.763. The molecule has 1 fully saturated rings. The van der Waals surface area contributed by atoms with Crippen molar-refractivity contribution in [1.82, 2.24) is 25.1 Å². The van der Waals surface area contributed by atoms with Crippen molar-refractivity contribution in [2.45, 2.75) is 25.8 Å². The highest BCUT2D eigenvalue weighted by Gasteiger charge is 2.35. The number of nitrogens with one attached hydrogen (secondary N) is 2. The molecule has 8 heteroatoms. The standard InChI is InChI=1S/C16H18N6OS/c1-9-12-7-11(8-18-14(12)22(2)21-9)19-16(23)20-13(10-3-4-10)15-17-5-6-24-15/h5-8,10,13H,3-4H2,1-2H3,(H2,19,20,23)/t13-/m0/s1. The number of aryl methyl sites for hydroxylation is 2. The predicted octanol–water partition coefficient (Wildman–Crippen LogP) is 3.01. The van der Waals surface area contributed by atoms with Crippen molar-refractivity contribution in [3.8, 4) is 0 Å². The van der Waals surface area contributed by atoms with Crippen molar-refractivity contribution in [2.24, 2.45) is 13.0 Å². The number of amides is 2. The van der Waals surface area contributed by atoms with Crippen LogP contribution in [0.3, 0.4) is 0 Å². The molecule has 0 radical (unpaired) electrons. The van der Waals surface area contributed by atoms with Gasteiger partial charge in [-0.25, -0.2) is 14.8 Å². The maximum atomic E-state index is 12.4. The minimum absolute atomic E-state index is 0.0122. The highest BCUT2D eigenvalue weighted by atomic mass is 32.1. The molecule has 24 heavy (non-hydrogen) atoms. The summed E-state index contributed by atoms with van der Waals surface area (Å²) < 4.78 is 1.74. The highest BCUT2D eigenvalue weighted by Crippen LogP contribution is 2.41. The summed E-state index contributed by atoms with van der Waals surface area (Å²) in [5.41, 5.74) is 2.35. The second-order valence-corrected chi connectivity index (χ2v) is 7.01. The van der Waals surface area contributed by atoms with Gasteiger partial charge in [-0.1, -0.05) is 0 Å². The third kappa shape index (κ3) is 2.84. The molecule has 4 rings (SSSR count). The molecule has 7 nitrogen and oxygen atoms in total. The summed E-state index contributed by atoms with van der Waals surface area (Å²) in [6.07, 6.45) is 5.69. The number of hydrogen-bond acceptors (Lipinski definition) is 5. The fourth-order valence-electron chi connectivity index (χ4n) is 2.88. The number of hydrogen-bond donors (Lipinski definition) is 2. The number of carbonyl (C=O) groups excluding carboxylic acids is 1. The van der Waals surface area contributed by atoms with Crippen LogP contribution in [0.4, 0.5) is 10.5 Å². The molecule has 0 saturated heterocycles. The van der Waals surface area contributed by atoms with Crippen molar-refractivity contribution >= 4 is 34.1 Å². The smallest absolute Gasteiger partial charge is 0.319 e. The fourth-order valence-corrected chi connectivity index (χ4v) is 3.66. The van der Waals surface area contributed by atoms with Gasteiger partial charge >= 0.3 is 6.03 Å². The SMILES string of the molecule is Cc1nn(C)c2ncc(NC(=O)N[C@H](c3nccs3)C3CC3)cc12.